The lowest BCUT2D eigenvalue weighted by Gasteiger charge is -2.29. The van der Waals surface area contributed by atoms with E-state index in [4.69, 9.17) is 0 Å². The van der Waals surface area contributed by atoms with Crippen LogP contribution in [0.2, 0.25) is 0 Å². The monoisotopic (exact) mass is 370 g/mol. The fourth-order valence-corrected chi connectivity index (χ4v) is 3.16. The summed E-state index contributed by atoms with van der Waals surface area (Å²) in [6.07, 6.45) is -5.99. The van der Waals surface area contributed by atoms with Gasteiger partial charge >= 0.3 is 12.4 Å². The van der Waals surface area contributed by atoms with Gasteiger partial charge in [0.25, 0.3) is 0 Å². The molecule has 0 saturated heterocycles. The van der Waals surface area contributed by atoms with Crippen molar-refractivity contribution in [3.05, 3.63) is 82.9 Å². The smallest absolute Gasteiger partial charge is 0.293 e. The first-order valence-electron chi connectivity index (χ1n) is 7.61. The van der Waals surface area contributed by atoms with Crippen LogP contribution >= 0.6 is 0 Å². The summed E-state index contributed by atoms with van der Waals surface area (Å²) >= 11 is 0. The molecule has 0 amide bonds. The Morgan fingerprint density at radius 2 is 1.08 bits per heavy atom. The molecule has 0 unspecified atom stereocenters. The van der Waals surface area contributed by atoms with Gasteiger partial charge in [0.1, 0.15) is 0 Å². The average Bonchev–Trinajstić information content (AvgIpc) is 2.96. The summed E-state index contributed by atoms with van der Waals surface area (Å²) in [6, 6.07) is 8.27. The summed E-state index contributed by atoms with van der Waals surface area (Å²) in [5.74, 6) is -0.378. The number of ketones is 1. The lowest BCUT2D eigenvalue weighted by Crippen LogP contribution is -2.33. The number of carbonyl (C=O) groups is 1. The molecule has 7 heteroatoms. The van der Waals surface area contributed by atoms with Gasteiger partial charge < -0.3 is 0 Å². The van der Waals surface area contributed by atoms with Gasteiger partial charge in [-0.1, -0.05) is 30.3 Å². The average molecular weight is 370 g/mol. The number of allylic oxidation sites excluding steroid dienone is 2. The molecule has 3 rings (SSSR count). The summed E-state index contributed by atoms with van der Waals surface area (Å²) in [6.45, 7) is 0. The molecule has 0 spiro atoms. The van der Waals surface area contributed by atoms with E-state index in [9.17, 15) is 31.1 Å². The van der Waals surface area contributed by atoms with Gasteiger partial charge in [-0.15, -0.1) is 0 Å². The van der Waals surface area contributed by atoms with Gasteiger partial charge in [0, 0.05) is 0 Å². The highest BCUT2D eigenvalue weighted by Gasteiger charge is 2.43. The third-order valence-electron chi connectivity index (χ3n) is 4.52. The second kappa shape index (κ2) is 6.00. The normalized spacial score (nSPS) is 16.9. The third-order valence-corrected chi connectivity index (χ3v) is 4.52. The molecular weight excluding hydrogens is 358 g/mol. The van der Waals surface area contributed by atoms with E-state index in [1.54, 1.807) is 6.08 Å². The van der Waals surface area contributed by atoms with Gasteiger partial charge in [0.15, 0.2) is 5.78 Å². The van der Waals surface area contributed by atoms with Gasteiger partial charge in [0.2, 0.25) is 0 Å². The third kappa shape index (κ3) is 3.02. The molecule has 0 aromatic heterocycles. The van der Waals surface area contributed by atoms with E-state index < -0.39 is 28.9 Å². The molecule has 0 aliphatic heterocycles. The van der Waals surface area contributed by atoms with Crippen LogP contribution < -0.4 is 0 Å². The van der Waals surface area contributed by atoms with Crippen LogP contribution in [0.1, 0.15) is 28.7 Å². The SMILES string of the molecule is O=C1C=CCC1(c1ccc(C(F)(F)F)cc1)c1ccc(C(F)(F)F)cc1. The first kappa shape index (κ1) is 18.2. The van der Waals surface area contributed by atoms with Crippen LogP contribution in [-0.2, 0) is 22.6 Å². The zero-order valence-corrected chi connectivity index (χ0v) is 13.2. The predicted molar refractivity (Wildman–Crippen MR) is 82.4 cm³/mol. The van der Waals surface area contributed by atoms with E-state index in [0.717, 1.165) is 24.3 Å². The molecule has 0 atom stereocenters. The number of halogens is 6. The zero-order chi connectivity index (χ0) is 19.2. The molecule has 136 valence electrons. The van der Waals surface area contributed by atoms with Crippen LogP contribution in [0, 0.1) is 0 Å². The van der Waals surface area contributed by atoms with Crippen molar-refractivity contribution in [2.45, 2.75) is 24.2 Å². The predicted octanol–water partition coefficient (Wildman–Crippen LogP) is 5.54. The van der Waals surface area contributed by atoms with Crippen molar-refractivity contribution < 1.29 is 31.1 Å². The highest BCUT2D eigenvalue weighted by Crippen LogP contribution is 2.42. The summed E-state index contributed by atoms with van der Waals surface area (Å²) < 4.78 is 76.6. The second-order valence-corrected chi connectivity index (χ2v) is 6.03. The molecule has 1 nitrogen and oxygen atoms in total. The molecule has 26 heavy (non-hydrogen) atoms. The standard InChI is InChI=1S/C19H12F6O/c20-18(21,22)14-7-3-12(4-8-14)17(11-1-2-16(17)26)13-5-9-15(10-6-13)19(23,24)25/h1-10H,11H2. The minimum absolute atomic E-state index is 0.169. The summed E-state index contributed by atoms with van der Waals surface area (Å²) in [5, 5.41) is 0. The zero-order valence-electron chi connectivity index (χ0n) is 13.2. The van der Waals surface area contributed by atoms with Crippen molar-refractivity contribution in [1.29, 1.82) is 0 Å². The number of hydrogen-bond acceptors (Lipinski definition) is 1. The molecule has 1 aliphatic carbocycles. The number of benzene rings is 2. The van der Waals surface area contributed by atoms with Crippen LogP contribution in [0.25, 0.3) is 0 Å². The molecule has 0 fully saturated rings. The van der Waals surface area contributed by atoms with E-state index in [1.165, 1.54) is 30.3 Å². The molecule has 0 N–H and O–H groups in total. The maximum absolute atomic E-state index is 12.8. The Labute approximate surface area is 145 Å². The Hall–Kier alpha value is -2.57. The van der Waals surface area contributed by atoms with E-state index in [0.29, 0.717) is 11.1 Å². The van der Waals surface area contributed by atoms with Gasteiger partial charge in [-0.05, 0) is 47.9 Å². The molecule has 2 aromatic carbocycles. The number of alkyl halides is 6. The van der Waals surface area contributed by atoms with Gasteiger partial charge in [-0.2, -0.15) is 26.3 Å². The van der Waals surface area contributed by atoms with Crippen molar-refractivity contribution in [2.24, 2.45) is 0 Å². The number of hydrogen-bond donors (Lipinski definition) is 0. The van der Waals surface area contributed by atoms with Crippen LogP contribution in [0.5, 0.6) is 0 Å². The van der Waals surface area contributed by atoms with Crippen molar-refractivity contribution in [1.82, 2.24) is 0 Å². The van der Waals surface area contributed by atoms with E-state index in [2.05, 4.69) is 0 Å². The molecule has 0 bridgehead atoms. The molecule has 2 aromatic rings. The molecule has 0 heterocycles. The van der Waals surface area contributed by atoms with Gasteiger partial charge in [0.05, 0.1) is 16.5 Å². The Morgan fingerprint density at radius 3 is 1.35 bits per heavy atom. The fourth-order valence-electron chi connectivity index (χ4n) is 3.16. The Kier molecular flexibility index (Phi) is 4.21. The Balaban J connectivity index is 2.07. The quantitative estimate of drug-likeness (QED) is 0.635. The molecule has 1 aliphatic rings. The summed E-state index contributed by atoms with van der Waals surface area (Å²) in [4.78, 5) is 12.5. The first-order chi connectivity index (χ1) is 12.0. The Morgan fingerprint density at radius 1 is 0.692 bits per heavy atom. The number of rotatable bonds is 2. The van der Waals surface area contributed by atoms with Crippen molar-refractivity contribution in [3.63, 3.8) is 0 Å². The molecule has 0 saturated carbocycles. The summed E-state index contributed by atoms with van der Waals surface area (Å²) in [5.41, 5.74) is -2.42. The topological polar surface area (TPSA) is 17.1 Å². The van der Waals surface area contributed by atoms with Crippen molar-refractivity contribution in [3.8, 4) is 0 Å². The Bertz CT molecular complexity index is 784. The van der Waals surface area contributed by atoms with E-state index in [-0.39, 0.29) is 12.2 Å². The van der Waals surface area contributed by atoms with Crippen LogP contribution in [0.4, 0.5) is 26.3 Å². The minimum Gasteiger partial charge on any atom is -0.293 e. The van der Waals surface area contributed by atoms with E-state index >= 15 is 0 Å². The maximum Gasteiger partial charge on any atom is 0.416 e. The van der Waals surface area contributed by atoms with Crippen LogP contribution in [0.15, 0.2) is 60.7 Å². The van der Waals surface area contributed by atoms with Crippen molar-refractivity contribution in [2.75, 3.05) is 0 Å². The van der Waals surface area contributed by atoms with Gasteiger partial charge in [-0.3, -0.25) is 4.79 Å². The van der Waals surface area contributed by atoms with Gasteiger partial charge in [-0.25, -0.2) is 0 Å². The molecule has 0 radical (unpaired) electrons. The number of carbonyl (C=O) groups excluding carboxylic acids is 1. The van der Waals surface area contributed by atoms with E-state index in [1.807, 2.05) is 0 Å². The highest BCUT2D eigenvalue weighted by atomic mass is 19.4. The molecular formula is C19H12F6O. The van der Waals surface area contributed by atoms with Crippen LogP contribution in [0.3, 0.4) is 0 Å². The highest BCUT2D eigenvalue weighted by molar-refractivity contribution is 6.04. The maximum atomic E-state index is 12.8. The van der Waals surface area contributed by atoms with Crippen LogP contribution in [-0.4, -0.2) is 5.78 Å². The summed E-state index contributed by atoms with van der Waals surface area (Å²) in [7, 11) is 0. The lowest BCUT2D eigenvalue weighted by atomic mass is 9.71. The lowest BCUT2D eigenvalue weighted by molar-refractivity contribution is -0.138. The first-order valence-corrected chi connectivity index (χ1v) is 7.61. The minimum atomic E-state index is -4.52. The second-order valence-electron chi connectivity index (χ2n) is 6.03. The largest absolute Gasteiger partial charge is 0.416 e. The fraction of sp³-hybridized carbons (Fsp3) is 0.211. The van der Waals surface area contributed by atoms with Crippen molar-refractivity contribution >= 4 is 5.78 Å².